The molecule has 144 valence electrons. The zero-order valence-electron chi connectivity index (χ0n) is 16.1. The minimum Gasteiger partial charge on any atom is -0.463 e. The lowest BCUT2D eigenvalue weighted by Gasteiger charge is -2.19. The molecule has 0 aliphatic heterocycles. The van der Waals surface area contributed by atoms with Gasteiger partial charge in [0.2, 0.25) is 0 Å². The van der Waals surface area contributed by atoms with E-state index in [-0.39, 0.29) is 6.54 Å². The van der Waals surface area contributed by atoms with Gasteiger partial charge in [-0.3, -0.25) is 0 Å². The van der Waals surface area contributed by atoms with Crippen LogP contribution < -0.4 is 10.6 Å². The quantitative estimate of drug-likeness (QED) is 0.439. The number of nitrogens with zero attached hydrogens (tertiary/aromatic N) is 1. The first-order chi connectivity index (χ1) is 13.0. The highest BCUT2D eigenvalue weighted by atomic mass is 16.4. The third-order valence-electron chi connectivity index (χ3n) is 4.30. The number of rotatable bonds is 7. The molecule has 2 heterocycles. The Morgan fingerprint density at radius 1 is 1.15 bits per heavy atom. The molecule has 27 heavy (non-hydrogen) atoms. The number of nitrogens with one attached hydrogen (secondary N) is 2. The van der Waals surface area contributed by atoms with Crippen LogP contribution in [0.15, 0.2) is 56.3 Å². The molecule has 0 bridgehead atoms. The van der Waals surface area contributed by atoms with Gasteiger partial charge in [-0.25, -0.2) is 4.99 Å². The molecule has 0 aliphatic rings. The number of furan rings is 2. The van der Waals surface area contributed by atoms with Crippen molar-refractivity contribution in [3.63, 3.8) is 0 Å². The van der Waals surface area contributed by atoms with E-state index in [0.717, 1.165) is 35.5 Å². The van der Waals surface area contributed by atoms with Gasteiger partial charge < -0.3 is 24.6 Å². The molecule has 0 spiro atoms. The largest absolute Gasteiger partial charge is 0.463 e. The highest BCUT2D eigenvalue weighted by Gasteiger charge is 2.26. The van der Waals surface area contributed by atoms with Crippen LogP contribution in [0.5, 0.6) is 0 Å². The molecule has 6 nitrogen and oxygen atoms in total. The van der Waals surface area contributed by atoms with Crippen molar-refractivity contribution in [2.24, 2.45) is 4.99 Å². The number of para-hydroxylation sites is 1. The number of aliphatic imine (C=N–C) groups is 1. The Kier molecular flexibility index (Phi) is 5.86. The van der Waals surface area contributed by atoms with Crippen molar-refractivity contribution in [1.29, 1.82) is 0 Å². The highest BCUT2D eigenvalue weighted by Crippen LogP contribution is 2.23. The summed E-state index contributed by atoms with van der Waals surface area (Å²) in [5.74, 6) is 2.86. The molecule has 2 aromatic heterocycles. The van der Waals surface area contributed by atoms with Gasteiger partial charge in [-0.15, -0.1) is 0 Å². The van der Waals surface area contributed by atoms with E-state index in [0.29, 0.717) is 18.3 Å². The fourth-order valence-electron chi connectivity index (χ4n) is 2.84. The van der Waals surface area contributed by atoms with Crippen LogP contribution in [0.3, 0.4) is 0 Å². The van der Waals surface area contributed by atoms with Crippen LogP contribution in [-0.2, 0) is 12.0 Å². The first kappa shape index (κ1) is 19.0. The molecule has 1 atom stereocenters. The summed E-state index contributed by atoms with van der Waals surface area (Å²) >= 11 is 0. The Balaban J connectivity index is 1.58. The fourth-order valence-corrected chi connectivity index (χ4v) is 2.84. The number of guanidine groups is 1. The van der Waals surface area contributed by atoms with Crippen LogP contribution in [-0.4, -0.2) is 30.7 Å². The molecule has 0 saturated carbocycles. The van der Waals surface area contributed by atoms with Crippen molar-refractivity contribution in [3.05, 3.63) is 59.7 Å². The monoisotopic (exact) mass is 369 g/mol. The summed E-state index contributed by atoms with van der Waals surface area (Å²) in [4.78, 5) is 4.50. The summed E-state index contributed by atoms with van der Waals surface area (Å²) in [7, 11) is 0. The van der Waals surface area contributed by atoms with Crippen LogP contribution in [0, 0.1) is 6.92 Å². The van der Waals surface area contributed by atoms with Gasteiger partial charge in [-0.1, -0.05) is 18.2 Å². The van der Waals surface area contributed by atoms with Crippen molar-refractivity contribution in [2.75, 3.05) is 19.6 Å². The molecule has 1 aromatic carbocycles. The minimum atomic E-state index is -1.16. The molecule has 3 N–H and O–H groups in total. The predicted molar refractivity (Wildman–Crippen MR) is 107 cm³/mol. The summed E-state index contributed by atoms with van der Waals surface area (Å²) in [6, 6.07) is 13.7. The van der Waals surface area contributed by atoms with Gasteiger partial charge in [0.15, 0.2) is 5.96 Å². The standard InChI is InChI=1S/C21H27N3O3/c1-4-22-20(24-14-21(3,25)19-10-9-15(2)26-19)23-12-11-17-13-16-7-5-6-8-18(16)27-17/h5-10,13,25H,4,11-12,14H2,1-3H3,(H2,22,23,24). The summed E-state index contributed by atoms with van der Waals surface area (Å²) < 4.78 is 11.4. The summed E-state index contributed by atoms with van der Waals surface area (Å²) in [6.45, 7) is 7.16. The van der Waals surface area contributed by atoms with E-state index in [1.54, 1.807) is 13.0 Å². The van der Waals surface area contributed by atoms with Crippen LogP contribution >= 0.6 is 0 Å². The molecule has 0 aliphatic carbocycles. The van der Waals surface area contributed by atoms with E-state index in [9.17, 15) is 5.11 Å². The van der Waals surface area contributed by atoms with E-state index >= 15 is 0 Å². The Hall–Kier alpha value is -2.73. The average Bonchev–Trinajstić information content (AvgIpc) is 3.26. The van der Waals surface area contributed by atoms with Crippen molar-refractivity contribution >= 4 is 16.9 Å². The van der Waals surface area contributed by atoms with Gasteiger partial charge in [0.25, 0.3) is 0 Å². The van der Waals surface area contributed by atoms with Gasteiger partial charge in [0.1, 0.15) is 28.5 Å². The second kappa shape index (κ2) is 8.31. The van der Waals surface area contributed by atoms with Crippen LogP contribution in [0.25, 0.3) is 11.0 Å². The maximum absolute atomic E-state index is 10.6. The predicted octanol–water partition coefficient (Wildman–Crippen LogP) is 3.34. The summed E-state index contributed by atoms with van der Waals surface area (Å²) in [6.07, 6.45) is 0.743. The fraction of sp³-hybridized carbons (Fsp3) is 0.381. The first-order valence-electron chi connectivity index (χ1n) is 9.27. The van der Waals surface area contributed by atoms with Crippen LogP contribution in [0.4, 0.5) is 0 Å². The van der Waals surface area contributed by atoms with Gasteiger partial charge in [0.05, 0.1) is 6.54 Å². The zero-order chi connectivity index (χ0) is 19.3. The number of aryl methyl sites for hydroxylation is 1. The van der Waals surface area contributed by atoms with E-state index in [2.05, 4.69) is 21.7 Å². The summed E-state index contributed by atoms with van der Waals surface area (Å²) in [5, 5.41) is 18.2. The SMILES string of the molecule is CCNC(=NCC(C)(O)c1ccc(C)o1)NCCc1cc2ccccc2o1. The third kappa shape index (κ3) is 4.92. The molecule has 3 aromatic rings. The molecule has 1 unspecified atom stereocenters. The Bertz CT molecular complexity index is 875. The van der Waals surface area contributed by atoms with Gasteiger partial charge in [-0.2, -0.15) is 0 Å². The Morgan fingerprint density at radius 2 is 1.96 bits per heavy atom. The lowest BCUT2D eigenvalue weighted by atomic mass is 10.0. The molecular formula is C21H27N3O3. The molecular weight excluding hydrogens is 342 g/mol. The van der Waals surface area contributed by atoms with Crippen LogP contribution in [0.2, 0.25) is 0 Å². The molecule has 0 fully saturated rings. The Morgan fingerprint density at radius 3 is 2.67 bits per heavy atom. The van der Waals surface area contributed by atoms with Crippen molar-refractivity contribution < 1.29 is 13.9 Å². The molecule has 6 heteroatoms. The maximum atomic E-state index is 10.6. The second-order valence-electron chi connectivity index (χ2n) is 6.81. The minimum absolute atomic E-state index is 0.194. The van der Waals surface area contributed by atoms with E-state index in [1.807, 2.05) is 44.2 Å². The van der Waals surface area contributed by atoms with Crippen molar-refractivity contribution in [1.82, 2.24) is 10.6 Å². The van der Waals surface area contributed by atoms with Gasteiger partial charge in [0, 0.05) is 24.9 Å². The highest BCUT2D eigenvalue weighted by molar-refractivity contribution is 5.80. The van der Waals surface area contributed by atoms with Crippen LogP contribution in [0.1, 0.15) is 31.1 Å². The van der Waals surface area contributed by atoms with E-state index in [4.69, 9.17) is 8.83 Å². The normalized spacial score (nSPS) is 14.3. The topological polar surface area (TPSA) is 82.9 Å². The van der Waals surface area contributed by atoms with E-state index < -0.39 is 5.60 Å². The Labute approximate surface area is 159 Å². The number of aliphatic hydroxyl groups is 1. The lowest BCUT2D eigenvalue weighted by molar-refractivity contribution is 0.0428. The van der Waals surface area contributed by atoms with Crippen molar-refractivity contribution in [3.8, 4) is 0 Å². The number of hydrogen-bond acceptors (Lipinski definition) is 4. The molecule has 0 saturated heterocycles. The number of hydrogen-bond donors (Lipinski definition) is 3. The molecule has 0 radical (unpaired) electrons. The van der Waals surface area contributed by atoms with E-state index in [1.165, 1.54) is 0 Å². The van der Waals surface area contributed by atoms with Crippen molar-refractivity contribution in [2.45, 2.75) is 32.8 Å². The number of fused-ring (bicyclic) bond motifs is 1. The average molecular weight is 369 g/mol. The maximum Gasteiger partial charge on any atom is 0.191 e. The number of benzene rings is 1. The molecule has 3 rings (SSSR count). The van der Waals surface area contributed by atoms with Gasteiger partial charge in [-0.05, 0) is 45.0 Å². The first-order valence-corrected chi connectivity index (χ1v) is 9.27. The molecule has 0 amide bonds. The smallest absolute Gasteiger partial charge is 0.191 e. The lowest BCUT2D eigenvalue weighted by Crippen LogP contribution is -2.39. The third-order valence-corrected chi connectivity index (χ3v) is 4.30. The van der Waals surface area contributed by atoms with Gasteiger partial charge >= 0.3 is 0 Å². The second-order valence-corrected chi connectivity index (χ2v) is 6.81. The zero-order valence-corrected chi connectivity index (χ0v) is 16.1. The summed E-state index contributed by atoms with van der Waals surface area (Å²) in [5.41, 5.74) is -0.257.